The van der Waals surface area contributed by atoms with Crippen LogP contribution in [-0.2, 0) is 61.2 Å². The van der Waals surface area contributed by atoms with Crippen molar-refractivity contribution in [3.05, 3.63) is 120 Å². The number of halogens is 8. The number of rotatable bonds is 16. The summed E-state index contributed by atoms with van der Waals surface area (Å²) in [5, 5.41) is 18.4. The van der Waals surface area contributed by atoms with Gasteiger partial charge >= 0.3 is 12.4 Å². The molecule has 6 amide bonds. The number of fused-ring (bicyclic) bond motifs is 6. The van der Waals surface area contributed by atoms with Crippen molar-refractivity contribution in [2.75, 3.05) is 30.8 Å². The molecule has 25 nitrogen and oxygen atoms in total. The molecule has 4 saturated carbocycles. The standard InChI is InChI=1S/C39H48F4N6O6S.C39H46F4N6O6S.CH4O/c2*1-23(2)49-31-14-10-9-12-29(31)45-36(49)55-28-20-32-33(50)46-38(35(52)47-56(53,54)37(3)15-16-37)21-24(38)11-7-5-4-6-8-13-30(34(51)48(32)22-28)44-27-18-25(39(41,42)43)17-26(40)19-27;1-2/h9-10,12,14,17-19,23-24,28,30,32,44H,4-8,11,13,15-16,20-22H2,1-3H3,(H,46,50)(H,47,52);7,9-12,14,17-19,23-24,28,30,32,44H,4-6,8,13,15-16,20-22H2,1-3H3,(H,46,50)(H,47,52);2H,1H3/b;11-7-;/t2*24-,28-,30+,32+,38-;/m11./s1. The normalized spacial score (nSPS) is 26.8. The van der Waals surface area contributed by atoms with Gasteiger partial charge in [-0.25, -0.2) is 25.6 Å². The number of para-hydroxylation sites is 4. The zero-order valence-electron chi connectivity index (χ0n) is 64.4. The van der Waals surface area contributed by atoms with E-state index in [0.717, 1.165) is 55.3 Å². The Labute approximate surface area is 656 Å². The van der Waals surface area contributed by atoms with E-state index in [1.54, 1.807) is 19.9 Å². The van der Waals surface area contributed by atoms with Crippen molar-refractivity contribution >= 4 is 88.9 Å². The lowest BCUT2D eigenvalue weighted by Gasteiger charge is -2.30. The van der Waals surface area contributed by atoms with Crippen LogP contribution in [0.3, 0.4) is 0 Å². The average molecular weight is 1640 g/mol. The highest BCUT2D eigenvalue weighted by atomic mass is 32.2. The lowest BCUT2D eigenvalue weighted by atomic mass is 10.0. The van der Waals surface area contributed by atoms with Crippen LogP contribution < -0.4 is 40.2 Å². The topological polar surface area (TPSA) is 324 Å². The van der Waals surface area contributed by atoms with Gasteiger partial charge in [0.2, 0.25) is 43.7 Å². The van der Waals surface area contributed by atoms with E-state index in [2.05, 4.69) is 40.7 Å². The third kappa shape index (κ3) is 18.1. The number of aromatic nitrogens is 4. The molecule has 114 heavy (non-hydrogen) atoms. The summed E-state index contributed by atoms with van der Waals surface area (Å²) in [5.74, 6) is -7.43. The maximum absolute atomic E-state index is 14.6. The molecule has 4 aliphatic heterocycles. The first-order chi connectivity index (χ1) is 53.8. The highest BCUT2D eigenvalue weighted by molar-refractivity contribution is 7.92. The van der Waals surface area contributed by atoms with Crippen molar-refractivity contribution in [1.82, 2.24) is 49.0 Å². The number of ether oxygens (including phenoxy) is 2. The number of allylic oxidation sites excluding steroid dienone is 1. The van der Waals surface area contributed by atoms with Crippen LogP contribution in [0.15, 0.2) is 97.1 Å². The molecule has 7 fully saturated rings. The smallest absolute Gasteiger partial charge is 0.416 e. The van der Waals surface area contributed by atoms with E-state index < -0.39 is 153 Å². The Bertz CT molecular complexity index is 4890. The Balaban J connectivity index is 0.000000206. The lowest BCUT2D eigenvalue weighted by Crippen LogP contribution is -2.58. The molecule has 6 heterocycles. The van der Waals surface area contributed by atoms with Crippen LogP contribution in [0.1, 0.15) is 193 Å². The monoisotopic (exact) mass is 1640 g/mol. The fourth-order valence-corrected chi connectivity index (χ4v) is 18.5. The van der Waals surface area contributed by atoms with Crippen molar-refractivity contribution in [3.8, 4) is 12.0 Å². The number of carbonyl (C=O) groups excluding carboxylic acids is 6. The number of imidazole rings is 2. The van der Waals surface area contributed by atoms with E-state index >= 15 is 0 Å². The van der Waals surface area contributed by atoms with Gasteiger partial charge in [-0.15, -0.1) is 0 Å². The predicted octanol–water partition coefficient (Wildman–Crippen LogP) is 11.8. The third-order valence-electron chi connectivity index (χ3n) is 23.2. The number of aliphatic hydroxyl groups is 1. The molecule has 35 heteroatoms. The molecule has 0 bridgehead atoms. The summed E-state index contributed by atoms with van der Waals surface area (Å²) in [4.78, 5) is 97.8. The molecular weight excluding hydrogens is 1540 g/mol. The van der Waals surface area contributed by atoms with Crippen LogP contribution in [0.5, 0.6) is 12.0 Å². The van der Waals surface area contributed by atoms with Crippen molar-refractivity contribution < 1.29 is 95.3 Å². The quantitative estimate of drug-likeness (QED) is 0.0350. The maximum atomic E-state index is 14.6. The minimum atomic E-state index is -4.84. The Morgan fingerprint density at radius 2 is 0.965 bits per heavy atom. The minimum absolute atomic E-state index is 0.0253. The fraction of sp³-hybridized carbons (Fsp3) is 0.570. The molecule has 4 aliphatic carbocycles. The molecule has 3 saturated heterocycles. The molecule has 0 spiro atoms. The summed E-state index contributed by atoms with van der Waals surface area (Å²) in [5.41, 5.74) is -3.06. The number of sulfonamides is 2. The van der Waals surface area contributed by atoms with Gasteiger partial charge in [-0.1, -0.05) is 81.4 Å². The van der Waals surface area contributed by atoms with Gasteiger partial charge in [0, 0.05) is 49.3 Å². The molecule has 8 aliphatic rings. The summed E-state index contributed by atoms with van der Waals surface area (Å²) < 4.78 is 183. The van der Waals surface area contributed by atoms with Gasteiger partial charge in [0.05, 0.1) is 55.8 Å². The number of nitrogens with one attached hydrogen (secondary N) is 6. The third-order valence-corrected chi connectivity index (χ3v) is 27.5. The number of anilines is 2. The maximum Gasteiger partial charge on any atom is 0.416 e. The Morgan fingerprint density at radius 1 is 0.561 bits per heavy atom. The van der Waals surface area contributed by atoms with Crippen molar-refractivity contribution in [2.24, 2.45) is 11.8 Å². The van der Waals surface area contributed by atoms with Crippen LogP contribution in [0.4, 0.5) is 46.5 Å². The van der Waals surface area contributed by atoms with E-state index in [4.69, 9.17) is 14.6 Å². The highest BCUT2D eigenvalue weighted by Crippen LogP contribution is 2.51. The first-order valence-corrected chi connectivity index (χ1v) is 41.8. The molecule has 0 unspecified atom stereocenters. The van der Waals surface area contributed by atoms with Crippen LogP contribution >= 0.6 is 0 Å². The van der Waals surface area contributed by atoms with E-state index in [1.165, 1.54) is 9.80 Å². The summed E-state index contributed by atoms with van der Waals surface area (Å²) >= 11 is 0. The highest BCUT2D eigenvalue weighted by Gasteiger charge is 2.65. The molecular formula is C79H98F8N12O13S2. The van der Waals surface area contributed by atoms with Crippen LogP contribution in [0.2, 0.25) is 0 Å². The fourth-order valence-electron chi connectivity index (χ4n) is 15.9. The summed E-state index contributed by atoms with van der Waals surface area (Å²) in [7, 11) is -7.07. The van der Waals surface area contributed by atoms with Crippen LogP contribution in [0.25, 0.3) is 22.1 Å². The van der Waals surface area contributed by atoms with Gasteiger partial charge in [-0.3, -0.25) is 47.3 Å². The van der Waals surface area contributed by atoms with Crippen molar-refractivity contribution in [1.29, 1.82) is 0 Å². The van der Waals surface area contributed by atoms with Crippen molar-refractivity contribution in [2.45, 2.75) is 251 Å². The predicted molar refractivity (Wildman–Crippen MR) is 407 cm³/mol. The van der Waals surface area contributed by atoms with Gasteiger partial charge < -0.3 is 45.6 Å². The number of amides is 6. The van der Waals surface area contributed by atoms with Crippen molar-refractivity contribution in [3.63, 3.8) is 0 Å². The van der Waals surface area contributed by atoms with E-state index in [9.17, 15) is 80.7 Å². The molecule has 10 atom stereocenters. The molecule has 14 rings (SSSR count). The Morgan fingerprint density at radius 3 is 1.39 bits per heavy atom. The number of hydrogen-bond donors (Lipinski definition) is 7. The number of hydrogen-bond acceptors (Lipinski definition) is 17. The van der Waals surface area contributed by atoms with Gasteiger partial charge in [-0.2, -0.15) is 36.3 Å². The lowest BCUT2D eigenvalue weighted by molar-refractivity contribution is -0.140. The van der Waals surface area contributed by atoms with Gasteiger partial charge in [0.15, 0.2) is 0 Å². The van der Waals surface area contributed by atoms with E-state index in [1.807, 2.05) is 91.4 Å². The molecule has 6 aromatic rings. The summed E-state index contributed by atoms with van der Waals surface area (Å²) in [6.07, 6.45) is 1.10. The molecule has 0 radical (unpaired) electrons. The summed E-state index contributed by atoms with van der Waals surface area (Å²) in [6, 6.07) is 14.5. The minimum Gasteiger partial charge on any atom is -0.459 e. The molecule has 2 aromatic heterocycles. The first kappa shape index (κ1) is 84.3. The average Bonchev–Trinajstić information content (AvgIpc) is 1.56. The van der Waals surface area contributed by atoms with E-state index in [0.29, 0.717) is 100 Å². The van der Waals surface area contributed by atoms with Gasteiger partial charge in [0.25, 0.3) is 23.8 Å². The first-order valence-electron chi connectivity index (χ1n) is 38.9. The SMILES string of the molecule is CC(C)n1c(O[C@@H]2C[C@H]3C(=O)N[C@]4(C(=O)NS(=O)(=O)C5(C)CC5)C[C@H]4/C=C\CCCCC[C@H](Nc4cc(F)cc(C(F)(F)F)c4)C(=O)N3C2)nc2ccccc21.CC(C)n1c(O[C@@H]2C[C@H]3C(=O)N[C@]4(C(=O)NS(=O)(=O)C5(C)CC5)C[C@H]4CCCCCCC[C@H](Nc4cc(F)cc(C(F)(F)F)c4)C(=O)N3C2)nc2ccccc21.CO. The molecule has 620 valence electrons. The Hall–Kier alpha value is -9.12. The number of carbonyl (C=O) groups is 6. The van der Waals surface area contributed by atoms with Crippen LogP contribution in [0, 0.1) is 23.5 Å². The van der Waals surface area contributed by atoms with E-state index in [-0.39, 0.29) is 93.0 Å². The Kier molecular flexibility index (Phi) is 24.3. The van der Waals surface area contributed by atoms with Crippen LogP contribution in [-0.4, -0.2) is 163 Å². The molecule has 4 aromatic carbocycles. The number of aliphatic hydroxyl groups excluding tert-OH is 1. The summed E-state index contributed by atoms with van der Waals surface area (Å²) in [6.45, 7) is 10.7. The zero-order chi connectivity index (χ0) is 82.4. The van der Waals surface area contributed by atoms with Gasteiger partial charge in [-0.05, 0) is 179 Å². The second kappa shape index (κ2) is 32.9. The molecule has 7 N–H and O–H groups in total. The number of benzene rings is 4. The zero-order valence-corrected chi connectivity index (χ0v) is 66.1. The second-order valence-corrected chi connectivity index (χ2v) is 36.7. The van der Waals surface area contributed by atoms with Gasteiger partial charge in [0.1, 0.15) is 59.1 Å². The second-order valence-electron chi connectivity index (χ2n) is 32.3. The number of nitrogens with zero attached hydrogens (tertiary/aromatic N) is 6. The number of alkyl halides is 6. The largest absolute Gasteiger partial charge is 0.459 e.